The van der Waals surface area contributed by atoms with Gasteiger partial charge in [0.05, 0.1) is 4.92 Å². The van der Waals surface area contributed by atoms with Crippen LogP contribution in [0.25, 0.3) is 0 Å². The normalized spacial score (nSPS) is 10.3. The van der Waals surface area contributed by atoms with Gasteiger partial charge in [-0.05, 0) is 31.2 Å². The predicted octanol–water partition coefficient (Wildman–Crippen LogP) is 2.03. The van der Waals surface area contributed by atoms with Gasteiger partial charge in [-0.15, -0.1) is 0 Å². The molecule has 2 aromatic rings. The first-order valence-electron chi connectivity index (χ1n) is 5.65. The van der Waals surface area contributed by atoms with Gasteiger partial charge in [-0.2, -0.15) is 5.10 Å². The monoisotopic (exact) mass is 278 g/mol. The van der Waals surface area contributed by atoms with E-state index in [1.807, 2.05) is 0 Å². The van der Waals surface area contributed by atoms with E-state index < -0.39 is 16.6 Å². The van der Waals surface area contributed by atoms with Gasteiger partial charge in [0.1, 0.15) is 11.5 Å². The average Bonchev–Trinajstić information content (AvgIpc) is 2.67. The third kappa shape index (κ3) is 2.48. The fourth-order valence-electron chi connectivity index (χ4n) is 1.84. The van der Waals surface area contributed by atoms with E-state index in [0.717, 1.165) is 4.68 Å². The van der Waals surface area contributed by atoms with Crippen molar-refractivity contribution in [2.75, 3.05) is 5.32 Å². The van der Waals surface area contributed by atoms with Crippen molar-refractivity contribution in [3.63, 3.8) is 0 Å². The fraction of sp³-hybridized carbons (Fsp3) is 0.167. The smallest absolute Gasteiger partial charge is 0.320 e. The van der Waals surface area contributed by atoms with Gasteiger partial charge in [-0.25, -0.2) is 4.39 Å². The van der Waals surface area contributed by atoms with Crippen molar-refractivity contribution >= 4 is 17.3 Å². The Morgan fingerprint density at radius 2 is 2.00 bits per heavy atom. The van der Waals surface area contributed by atoms with E-state index >= 15 is 0 Å². The molecule has 1 N–H and O–H groups in total. The van der Waals surface area contributed by atoms with Crippen molar-refractivity contribution in [3.05, 3.63) is 51.6 Å². The molecule has 1 heterocycles. The van der Waals surface area contributed by atoms with Crippen LogP contribution in [0.1, 0.15) is 16.2 Å². The van der Waals surface area contributed by atoms with Crippen LogP contribution in [0.3, 0.4) is 0 Å². The van der Waals surface area contributed by atoms with Crippen LogP contribution in [0.2, 0.25) is 0 Å². The van der Waals surface area contributed by atoms with Crippen molar-refractivity contribution in [2.24, 2.45) is 7.05 Å². The van der Waals surface area contributed by atoms with E-state index in [9.17, 15) is 19.3 Å². The maximum atomic E-state index is 12.8. The number of amides is 1. The molecule has 20 heavy (non-hydrogen) atoms. The molecule has 0 spiro atoms. The highest BCUT2D eigenvalue weighted by atomic mass is 19.1. The van der Waals surface area contributed by atoms with Crippen molar-refractivity contribution in [1.82, 2.24) is 9.78 Å². The molecule has 0 saturated carbocycles. The van der Waals surface area contributed by atoms with Gasteiger partial charge in [-0.1, -0.05) is 0 Å². The molecule has 1 aromatic heterocycles. The van der Waals surface area contributed by atoms with Gasteiger partial charge < -0.3 is 5.32 Å². The Bertz CT molecular complexity index is 679. The molecule has 0 radical (unpaired) electrons. The Hall–Kier alpha value is -2.77. The van der Waals surface area contributed by atoms with Crippen molar-refractivity contribution < 1.29 is 14.1 Å². The summed E-state index contributed by atoms with van der Waals surface area (Å²) in [4.78, 5) is 22.4. The minimum Gasteiger partial charge on any atom is -0.320 e. The van der Waals surface area contributed by atoms with Crippen molar-refractivity contribution in [2.45, 2.75) is 6.92 Å². The van der Waals surface area contributed by atoms with Crippen molar-refractivity contribution in [3.8, 4) is 0 Å². The summed E-state index contributed by atoms with van der Waals surface area (Å²) < 4.78 is 13.9. The minimum atomic E-state index is -0.675. The number of carbonyl (C=O) groups is 1. The molecule has 0 fully saturated rings. The number of nitrogens with one attached hydrogen (secondary N) is 1. The zero-order valence-corrected chi connectivity index (χ0v) is 10.8. The van der Waals surface area contributed by atoms with Gasteiger partial charge in [0, 0.05) is 12.7 Å². The Labute approximate surface area is 113 Å². The topological polar surface area (TPSA) is 90.1 Å². The number of benzene rings is 1. The van der Waals surface area contributed by atoms with E-state index in [1.165, 1.54) is 38.2 Å². The van der Waals surface area contributed by atoms with Crippen LogP contribution in [0.15, 0.2) is 24.3 Å². The number of rotatable bonds is 3. The van der Waals surface area contributed by atoms with Gasteiger partial charge in [-0.3, -0.25) is 19.6 Å². The number of nitro groups is 1. The molecule has 0 atom stereocenters. The van der Waals surface area contributed by atoms with Crippen LogP contribution < -0.4 is 5.32 Å². The van der Waals surface area contributed by atoms with Crippen LogP contribution in [-0.4, -0.2) is 20.6 Å². The first kappa shape index (κ1) is 13.7. The average molecular weight is 278 g/mol. The van der Waals surface area contributed by atoms with Crippen LogP contribution in [0.5, 0.6) is 0 Å². The van der Waals surface area contributed by atoms with E-state index in [1.54, 1.807) is 0 Å². The van der Waals surface area contributed by atoms with E-state index in [0.29, 0.717) is 5.69 Å². The molecule has 0 bridgehead atoms. The molecular weight excluding hydrogens is 267 g/mol. The van der Waals surface area contributed by atoms with Gasteiger partial charge in [0.15, 0.2) is 0 Å². The first-order chi connectivity index (χ1) is 9.40. The highest BCUT2D eigenvalue weighted by Crippen LogP contribution is 2.23. The maximum absolute atomic E-state index is 12.8. The van der Waals surface area contributed by atoms with E-state index in [4.69, 9.17) is 0 Å². The predicted molar refractivity (Wildman–Crippen MR) is 69.0 cm³/mol. The molecular formula is C12H11FN4O3. The molecule has 1 amide bonds. The molecule has 1 aromatic carbocycles. The lowest BCUT2D eigenvalue weighted by Gasteiger charge is -2.04. The Morgan fingerprint density at radius 3 is 2.55 bits per heavy atom. The standard InChI is InChI=1S/C12H11FN4O3/c1-7-10(17(19)20)11(16(2)15-7)12(18)14-9-5-3-8(13)4-6-9/h3-6H,1-2H3,(H,14,18). The lowest BCUT2D eigenvalue weighted by molar-refractivity contribution is -0.385. The highest BCUT2D eigenvalue weighted by molar-refractivity contribution is 6.06. The summed E-state index contributed by atoms with van der Waals surface area (Å²) in [6.45, 7) is 1.45. The number of aryl methyl sites for hydroxylation is 2. The number of hydrogen-bond donors (Lipinski definition) is 1. The second-order valence-electron chi connectivity index (χ2n) is 4.12. The van der Waals surface area contributed by atoms with Crippen LogP contribution in [0, 0.1) is 22.9 Å². The van der Waals surface area contributed by atoms with Gasteiger partial charge >= 0.3 is 5.69 Å². The zero-order chi connectivity index (χ0) is 14.9. The fourth-order valence-corrected chi connectivity index (χ4v) is 1.84. The molecule has 104 valence electrons. The van der Waals surface area contributed by atoms with E-state index in [-0.39, 0.29) is 17.1 Å². The Kier molecular flexibility index (Phi) is 3.47. The summed E-state index contributed by atoms with van der Waals surface area (Å²) in [6, 6.07) is 5.08. The quantitative estimate of drug-likeness (QED) is 0.687. The van der Waals surface area contributed by atoms with E-state index in [2.05, 4.69) is 10.4 Å². The summed E-state index contributed by atoms with van der Waals surface area (Å²) in [5, 5.41) is 17.3. The molecule has 0 unspecified atom stereocenters. The van der Waals surface area contributed by atoms with Crippen LogP contribution in [-0.2, 0) is 7.05 Å². The zero-order valence-electron chi connectivity index (χ0n) is 10.8. The van der Waals surface area contributed by atoms with Gasteiger partial charge in [0.2, 0.25) is 5.69 Å². The number of anilines is 1. The summed E-state index contributed by atoms with van der Waals surface area (Å²) in [7, 11) is 1.44. The van der Waals surface area contributed by atoms with Crippen LogP contribution >= 0.6 is 0 Å². The number of halogens is 1. The number of hydrogen-bond acceptors (Lipinski definition) is 4. The first-order valence-corrected chi connectivity index (χ1v) is 5.65. The molecule has 0 aliphatic rings. The SMILES string of the molecule is Cc1nn(C)c(C(=O)Nc2ccc(F)cc2)c1[N+](=O)[O-]. The summed E-state index contributed by atoms with van der Waals surface area (Å²) >= 11 is 0. The molecule has 0 aliphatic heterocycles. The second-order valence-corrected chi connectivity index (χ2v) is 4.12. The Balaban J connectivity index is 2.34. The second kappa shape index (κ2) is 5.08. The molecule has 0 aliphatic carbocycles. The Morgan fingerprint density at radius 1 is 1.40 bits per heavy atom. The summed E-state index contributed by atoms with van der Waals surface area (Å²) in [5.74, 6) is -1.11. The maximum Gasteiger partial charge on any atom is 0.322 e. The van der Waals surface area contributed by atoms with Gasteiger partial charge in [0.25, 0.3) is 5.91 Å². The lowest BCUT2D eigenvalue weighted by Crippen LogP contribution is -2.17. The molecule has 7 nitrogen and oxygen atoms in total. The van der Waals surface area contributed by atoms with Crippen molar-refractivity contribution in [1.29, 1.82) is 0 Å². The number of carbonyl (C=O) groups excluding carboxylic acids is 1. The number of aromatic nitrogens is 2. The van der Waals surface area contributed by atoms with Crippen LogP contribution in [0.4, 0.5) is 15.8 Å². The largest absolute Gasteiger partial charge is 0.322 e. The summed E-state index contributed by atoms with van der Waals surface area (Å²) in [6.07, 6.45) is 0. The third-order valence-corrected chi connectivity index (χ3v) is 2.69. The molecule has 8 heteroatoms. The number of nitrogens with zero attached hydrogens (tertiary/aromatic N) is 3. The highest BCUT2D eigenvalue weighted by Gasteiger charge is 2.29. The lowest BCUT2D eigenvalue weighted by atomic mass is 10.2. The third-order valence-electron chi connectivity index (χ3n) is 2.69. The molecule has 2 rings (SSSR count). The molecule has 0 saturated heterocycles. The summed E-state index contributed by atoms with van der Waals surface area (Å²) in [5.41, 5.74) is -0.00440. The minimum absolute atomic E-state index is 0.154.